The van der Waals surface area contributed by atoms with Crippen molar-refractivity contribution in [1.29, 1.82) is 0 Å². The molecule has 0 spiro atoms. The number of carbonyl (C=O) groups is 1. The summed E-state index contributed by atoms with van der Waals surface area (Å²) >= 11 is 0. The minimum atomic E-state index is -0.674. The number of carbonyl (C=O) groups excluding carboxylic acids is 1. The molecule has 1 atom stereocenters. The highest BCUT2D eigenvalue weighted by molar-refractivity contribution is 5.67. The topological polar surface area (TPSA) is 97.0 Å². The van der Waals surface area contributed by atoms with Crippen LogP contribution in [0.15, 0.2) is 78.9 Å². The maximum absolute atomic E-state index is 11.8. The van der Waals surface area contributed by atoms with Gasteiger partial charge in [0.2, 0.25) is 0 Å². The summed E-state index contributed by atoms with van der Waals surface area (Å²) in [5.41, 5.74) is 9.37. The maximum Gasteiger partial charge on any atom is 0.407 e. The second-order valence-electron chi connectivity index (χ2n) is 11.2. The summed E-state index contributed by atoms with van der Waals surface area (Å²) in [6.45, 7) is 8.73. The van der Waals surface area contributed by atoms with Gasteiger partial charge in [0.25, 0.3) is 0 Å². The van der Waals surface area contributed by atoms with Crippen LogP contribution in [0.25, 0.3) is 0 Å². The zero-order chi connectivity index (χ0) is 28.8. The summed E-state index contributed by atoms with van der Waals surface area (Å²) in [7, 11) is 0. The van der Waals surface area contributed by atoms with Crippen LogP contribution in [0.4, 0.5) is 10.5 Å². The van der Waals surface area contributed by atoms with Crippen molar-refractivity contribution in [3.63, 3.8) is 0 Å². The van der Waals surface area contributed by atoms with Crippen LogP contribution in [-0.2, 0) is 17.9 Å². The van der Waals surface area contributed by atoms with E-state index in [4.69, 9.17) is 15.2 Å². The van der Waals surface area contributed by atoms with Gasteiger partial charge in [-0.2, -0.15) is 0 Å². The zero-order valence-electron chi connectivity index (χ0n) is 24.1. The molecule has 1 amide bonds. The lowest BCUT2D eigenvalue weighted by Crippen LogP contribution is -2.33. The number of hydrogen-bond acceptors (Lipinski definition) is 6. The molecule has 3 aromatic carbocycles. The normalized spacial score (nSPS) is 12.2. The average Bonchev–Trinajstić information content (AvgIpc) is 2.92. The van der Waals surface area contributed by atoms with Crippen LogP contribution in [-0.4, -0.2) is 41.3 Å². The van der Waals surface area contributed by atoms with Gasteiger partial charge in [-0.15, -0.1) is 0 Å². The fourth-order valence-electron chi connectivity index (χ4n) is 4.39. The van der Waals surface area contributed by atoms with Gasteiger partial charge in [0.05, 0.1) is 11.8 Å². The molecular weight excluding hydrogens is 502 g/mol. The van der Waals surface area contributed by atoms with Gasteiger partial charge in [-0.3, -0.25) is 4.90 Å². The van der Waals surface area contributed by atoms with Crippen molar-refractivity contribution in [2.45, 2.75) is 71.3 Å². The van der Waals surface area contributed by atoms with Crippen LogP contribution in [0.1, 0.15) is 69.2 Å². The molecule has 7 nitrogen and oxygen atoms in total. The molecule has 0 aliphatic heterocycles. The van der Waals surface area contributed by atoms with Crippen molar-refractivity contribution in [2.75, 3.05) is 25.4 Å². The van der Waals surface area contributed by atoms with Gasteiger partial charge in [0.1, 0.15) is 18.0 Å². The number of hydrogen-bond donors (Lipinski definition) is 3. The van der Waals surface area contributed by atoms with E-state index in [-0.39, 0.29) is 6.09 Å². The van der Waals surface area contributed by atoms with Crippen LogP contribution in [0.5, 0.6) is 5.75 Å². The van der Waals surface area contributed by atoms with Crippen molar-refractivity contribution >= 4 is 11.8 Å². The second-order valence-corrected chi connectivity index (χ2v) is 11.2. The average molecular weight is 548 g/mol. The van der Waals surface area contributed by atoms with E-state index in [0.717, 1.165) is 49.9 Å². The molecule has 0 aromatic heterocycles. The smallest absolute Gasteiger partial charge is 0.407 e. The number of benzene rings is 3. The number of amides is 1. The van der Waals surface area contributed by atoms with Crippen molar-refractivity contribution in [3.05, 3.63) is 95.6 Å². The highest BCUT2D eigenvalue weighted by atomic mass is 16.6. The van der Waals surface area contributed by atoms with E-state index in [9.17, 15) is 9.90 Å². The molecule has 1 unspecified atom stereocenters. The number of anilines is 1. The molecule has 0 aliphatic carbocycles. The summed E-state index contributed by atoms with van der Waals surface area (Å²) in [6.07, 6.45) is 2.91. The monoisotopic (exact) mass is 547 g/mol. The zero-order valence-corrected chi connectivity index (χ0v) is 24.1. The number of aliphatic hydroxyl groups is 1. The fourth-order valence-corrected chi connectivity index (χ4v) is 4.39. The molecule has 0 aliphatic rings. The Morgan fingerprint density at radius 3 is 2.23 bits per heavy atom. The summed E-state index contributed by atoms with van der Waals surface area (Å²) in [5.74, 6) is 0.613. The Kier molecular flexibility index (Phi) is 12.3. The van der Waals surface area contributed by atoms with Gasteiger partial charge >= 0.3 is 6.09 Å². The summed E-state index contributed by atoms with van der Waals surface area (Å²) in [6, 6.07) is 25.8. The Bertz CT molecular complexity index is 1150. The molecule has 40 heavy (non-hydrogen) atoms. The maximum atomic E-state index is 11.8. The first kappa shape index (κ1) is 31.0. The van der Waals surface area contributed by atoms with Crippen LogP contribution >= 0.6 is 0 Å². The van der Waals surface area contributed by atoms with Gasteiger partial charge in [-0.1, -0.05) is 79.6 Å². The van der Waals surface area contributed by atoms with Crippen molar-refractivity contribution in [3.8, 4) is 5.75 Å². The summed E-state index contributed by atoms with van der Waals surface area (Å²) in [5, 5.41) is 13.9. The summed E-state index contributed by atoms with van der Waals surface area (Å²) in [4.78, 5) is 14.1. The molecule has 0 saturated carbocycles. The molecule has 216 valence electrons. The Balaban J connectivity index is 1.48. The summed E-state index contributed by atoms with van der Waals surface area (Å²) < 4.78 is 11.2. The minimum absolute atomic E-state index is 0.369. The van der Waals surface area contributed by atoms with Crippen molar-refractivity contribution < 1.29 is 19.4 Å². The molecule has 0 saturated heterocycles. The number of rotatable bonds is 15. The highest BCUT2D eigenvalue weighted by Gasteiger charge is 2.17. The van der Waals surface area contributed by atoms with Crippen molar-refractivity contribution in [2.24, 2.45) is 0 Å². The Hall–Kier alpha value is -3.55. The standard InChI is InChI=1S/C33H45N3O4/c1-33(2,3)40-32(38)35-20-12-4-5-13-21-36(23-26-14-8-6-9-15-26)24-30(37)28-18-19-31(29(34)22-28)39-25-27-16-10-7-11-17-27/h6-11,14-19,22,30,37H,4-5,12-13,20-21,23-25,34H2,1-3H3,(H,35,38). The van der Waals surface area contributed by atoms with Crippen molar-refractivity contribution in [1.82, 2.24) is 10.2 Å². The molecule has 7 heteroatoms. The predicted molar refractivity (Wildman–Crippen MR) is 161 cm³/mol. The number of alkyl carbamates (subject to hydrolysis) is 1. The second kappa shape index (κ2) is 15.9. The first-order chi connectivity index (χ1) is 19.2. The van der Waals surface area contributed by atoms with Gasteiger partial charge in [0, 0.05) is 19.6 Å². The van der Waals surface area contributed by atoms with E-state index in [1.807, 2.05) is 87.5 Å². The third-order valence-electron chi connectivity index (χ3n) is 6.41. The van der Waals surface area contributed by atoms with Gasteiger partial charge in [-0.05, 0) is 69.0 Å². The minimum Gasteiger partial charge on any atom is -0.487 e. The molecule has 0 heterocycles. The lowest BCUT2D eigenvalue weighted by Gasteiger charge is -2.26. The van der Waals surface area contributed by atoms with Gasteiger partial charge in [0.15, 0.2) is 0 Å². The Labute approximate surface area is 239 Å². The van der Waals surface area contributed by atoms with E-state index >= 15 is 0 Å². The Morgan fingerprint density at radius 1 is 0.925 bits per heavy atom. The van der Waals surface area contributed by atoms with E-state index in [1.54, 1.807) is 0 Å². The number of nitrogens with two attached hydrogens (primary N) is 1. The van der Waals surface area contributed by atoms with E-state index in [1.165, 1.54) is 5.56 Å². The molecule has 4 N–H and O–H groups in total. The number of nitrogens with zero attached hydrogens (tertiary/aromatic N) is 1. The van der Waals surface area contributed by atoms with Crippen LogP contribution < -0.4 is 15.8 Å². The number of unbranched alkanes of at least 4 members (excludes halogenated alkanes) is 3. The molecular formula is C33H45N3O4. The van der Waals surface area contributed by atoms with E-state index < -0.39 is 11.7 Å². The largest absolute Gasteiger partial charge is 0.487 e. The van der Waals surface area contributed by atoms with Crippen LogP contribution in [0.2, 0.25) is 0 Å². The van der Waals surface area contributed by atoms with E-state index in [2.05, 4.69) is 22.3 Å². The quantitative estimate of drug-likeness (QED) is 0.149. The SMILES string of the molecule is CC(C)(C)OC(=O)NCCCCCCN(Cc1ccccc1)CC(O)c1ccc(OCc2ccccc2)c(N)c1. The molecule has 0 bridgehead atoms. The lowest BCUT2D eigenvalue weighted by atomic mass is 10.1. The van der Waals surface area contributed by atoms with Gasteiger partial charge in [-0.25, -0.2) is 4.79 Å². The lowest BCUT2D eigenvalue weighted by molar-refractivity contribution is 0.0527. The number of nitrogen functional groups attached to an aromatic ring is 1. The predicted octanol–water partition coefficient (Wildman–Crippen LogP) is 6.47. The fraction of sp³-hybridized carbons (Fsp3) is 0.424. The molecule has 3 rings (SSSR count). The number of nitrogens with one attached hydrogen (secondary N) is 1. The molecule has 0 fully saturated rings. The number of aliphatic hydroxyl groups excluding tert-OH is 1. The molecule has 3 aromatic rings. The third kappa shape index (κ3) is 11.7. The highest BCUT2D eigenvalue weighted by Crippen LogP contribution is 2.27. The molecule has 0 radical (unpaired) electrons. The third-order valence-corrected chi connectivity index (χ3v) is 6.41. The Morgan fingerprint density at radius 2 is 1.57 bits per heavy atom. The van der Waals surface area contributed by atoms with Gasteiger partial charge < -0.3 is 25.6 Å². The number of ether oxygens (including phenoxy) is 2. The first-order valence-electron chi connectivity index (χ1n) is 14.2. The van der Waals surface area contributed by atoms with Crippen LogP contribution in [0.3, 0.4) is 0 Å². The first-order valence-corrected chi connectivity index (χ1v) is 14.2. The van der Waals surface area contributed by atoms with Crippen LogP contribution in [0, 0.1) is 0 Å². The van der Waals surface area contributed by atoms with E-state index in [0.29, 0.717) is 31.1 Å².